The molecule has 0 aliphatic heterocycles. The summed E-state index contributed by atoms with van der Waals surface area (Å²) in [5.74, 6) is 0.103. The van der Waals surface area contributed by atoms with Crippen LogP contribution in [0.3, 0.4) is 0 Å². The minimum atomic E-state index is -4.96. The zero-order valence-corrected chi connectivity index (χ0v) is 64.8. The van der Waals surface area contributed by atoms with E-state index in [1.165, 1.54) is 167 Å². The molecule has 0 aliphatic carbocycles. The van der Waals surface area contributed by atoms with Crippen molar-refractivity contribution in [3.8, 4) is 0 Å². The third kappa shape index (κ3) is 71.7. The molecule has 0 fully saturated rings. The van der Waals surface area contributed by atoms with Crippen molar-refractivity contribution in [2.45, 2.75) is 394 Å². The largest absolute Gasteiger partial charge is 0.472 e. The molecule has 0 saturated carbocycles. The fraction of sp³-hybridized carbons (Fsp3) is 0.897. The Morgan fingerprint density at radius 1 is 0.320 bits per heavy atom. The summed E-state index contributed by atoms with van der Waals surface area (Å²) < 4.78 is 68.5. The Kier molecular flexibility index (Phi) is 66.3. The summed E-state index contributed by atoms with van der Waals surface area (Å²) in [5, 5.41) is 10.6. The molecule has 0 saturated heterocycles. The molecule has 0 aromatic carbocycles. The van der Waals surface area contributed by atoms with Crippen LogP contribution in [-0.2, 0) is 65.4 Å². The summed E-state index contributed by atoms with van der Waals surface area (Å²) in [6.07, 6.45) is 57.9. The number of unbranched alkanes of at least 4 members (excludes halogenated alkanes) is 39. The third-order valence-electron chi connectivity index (χ3n) is 17.5. The molecular formula is C78H148O17P2. The molecule has 0 aromatic rings. The van der Waals surface area contributed by atoms with E-state index in [0.717, 1.165) is 121 Å². The van der Waals surface area contributed by atoms with Crippen molar-refractivity contribution in [1.82, 2.24) is 0 Å². The highest BCUT2D eigenvalue weighted by Gasteiger charge is 2.30. The summed E-state index contributed by atoms with van der Waals surface area (Å²) in [4.78, 5) is 72.8. The van der Waals surface area contributed by atoms with Gasteiger partial charge in [0.15, 0.2) is 12.2 Å². The Morgan fingerprint density at radius 2 is 0.557 bits per heavy atom. The molecule has 0 aliphatic rings. The Hall–Kier alpha value is -2.46. The van der Waals surface area contributed by atoms with E-state index in [0.29, 0.717) is 31.6 Å². The summed E-state index contributed by atoms with van der Waals surface area (Å²) in [6, 6.07) is 0. The number of aliphatic hydroxyl groups is 1. The lowest BCUT2D eigenvalue weighted by Crippen LogP contribution is -2.30. The number of rotatable bonds is 74. The molecular weight excluding hydrogens is 1270 g/mol. The molecule has 3 N–H and O–H groups in total. The molecule has 5 atom stereocenters. The van der Waals surface area contributed by atoms with Gasteiger partial charge in [-0.05, 0) is 69.1 Å². The Balaban J connectivity index is 5.24. The van der Waals surface area contributed by atoms with Gasteiger partial charge in [-0.3, -0.25) is 37.3 Å². The molecule has 97 heavy (non-hydrogen) atoms. The average Bonchev–Trinajstić information content (AvgIpc) is 1.49. The van der Waals surface area contributed by atoms with Crippen LogP contribution in [0.5, 0.6) is 0 Å². The molecule has 0 radical (unpaired) electrons. The predicted molar refractivity (Wildman–Crippen MR) is 395 cm³/mol. The first-order chi connectivity index (χ1) is 46.7. The number of carbonyl (C=O) groups is 4. The van der Waals surface area contributed by atoms with Gasteiger partial charge >= 0.3 is 39.5 Å². The standard InChI is InChI=1S/C78H148O17P2/c1-8-9-10-11-12-13-14-15-18-23-28-33-38-47-54-61-77(82)95-74(66-89-76(81)60-53-46-41-40-44-51-58-71(6)7)68-93-97(86,87)91-64-72(79)63-90-96(84,85)92-67-73(94-78(83)62-55-48-39-34-29-24-26-31-36-43-50-57-70(4)5)65-88-75(80)59-52-45-37-32-27-22-20-17-16-19-21-25-30-35-42-49-56-69(2)3/h13-15,18,69-74,79H,8-12,16-17,19-68H2,1-7H3,(H,84,85)(H,86,87)/b14-13-,18-15-/t72-,73-,74-/m1/s1. The number of aliphatic hydroxyl groups excluding tert-OH is 1. The lowest BCUT2D eigenvalue weighted by atomic mass is 10.0. The normalized spacial score (nSPS) is 14.2. The van der Waals surface area contributed by atoms with Crippen LogP contribution >= 0.6 is 15.6 Å². The van der Waals surface area contributed by atoms with Crippen LogP contribution in [0.15, 0.2) is 24.3 Å². The van der Waals surface area contributed by atoms with Crippen LogP contribution in [0.2, 0.25) is 0 Å². The first-order valence-electron chi connectivity index (χ1n) is 39.7. The van der Waals surface area contributed by atoms with Gasteiger partial charge < -0.3 is 33.8 Å². The van der Waals surface area contributed by atoms with E-state index in [9.17, 15) is 43.2 Å². The van der Waals surface area contributed by atoms with Gasteiger partial charge in [0, 0.05) is 25.7 Å². The van der Waals surface area contributed by atoms with E-state index in [4.69, 9.17) is 37.0 Å². The number of allylic oxidation sites excluding steroid dienone is 4. The van der Waals surface area contributed by atoms with E-state index in [2.05, 4.69) is 72.8 Å². The molecule has 0 aromatic heterocycles. The highest BCUT2D eigenvalue weighted by atomic mass is 31.2. The fourth-order valence-electron chi connectivity index (χ4n) is 11.4. The van der Waals surface area contributed by atoms with Gasteiger partial charge in [-0.2, -0.15) is 0 Å². The maximum Gasteiger partial charge on any atom is 0.472 e. The summed E-state index contributed by atoms with van der Waals surface area (Å²) in [7, 11) is -9.93. The molecule has 0 heterocycles. The number of phosphoric ester groups is 2. The first-order valence-corrected chi connectivity index (χ1v) is 42.7. The smallest absolute Gasteiger partial charge is 0.462 e. The van der Waals surface area contributed by atoms with Crippen molar-refractivity contribution in [3.63, 3.8) is 0 Å². The molecule has 0 bridgehead atoms. The highest BCUT2D eigenvalue weighted by molar-refractivity contribution is 7.47. The van der Waals surface area contributed by atoms with Crippen molar-refractivity contribution in [1.29, 1.82) is 0 Å². The van der Waals surface area contributed by atoms with Crippen molar-refractivity contribution in [2.24, 2.45) is 17.8 Å². The van der Waals surface area contributed by atoms with Crippen molar-refractivity contribution < 1.29 is 80.2 Å². The monoisotopic (exact) mass is 1420 g/mol. The minimum absolute atomic E-state index is 0.0838. The molecule has 0 rings (SSSR count). The molecule has 0 amide bonds. The summed E-state index contributed by atoms with van der Waals surface area (Å²) in [6.45, 7) is 11.8. The van der Waals surface area contributed by atoms with Gasteiger partial charge in [-0.15, -0.1) is 0 Å². The van der Waals surface area contributed by atoms with Crippen molar-refractivity contribution >= 4 is 39.5 Å². The number of carbonyl (C=O) groups excluding carboxylic acids is 4. The molecule has 19 heteroatoms. The SMILES string of the molecule is CCCCCC/C=C\C=C/CCCCCCCC(=O)O[C@H](COC(=O)CCCCCCCCC(C)C)COP(=O)(O)OC[C@H](O)COP(=O)(O)OC[C@@H](COC(=O)CCCCCCCCCCCCCCCCCCC(C)C)OC(=O)CCCCCCCCCCCCCC(C)C. The first kappa shape index (κ1) is 94.5. The average molecular weight is 1420 g/mol. The van der Waals surface area contributed by atoms with E-state index in [-0.39, 0.29) is 25.7 Å². The van der Waals surface area contributed by atoms with E-state index in [1.54, 1.807) is 0 Å². The molecule has 17 nitrogen and oxygen atoms in total. The van der Waals surface area contributed by atoms with Crippen molar-refractivity contribution in [2.75, 3.05) is 39.6 Å². The van der Waals surface area contributed by atoms with Gasteiger partial charge in [0.25, 0.3) is 0 Å². The van der Waals surface area contributed by atoms with Crippen LogP contribution in [0.1, 0.15) is 376 Å². The van der Waals surface area contributed by atoms with Gasteiger partial charge in [-0.25, -0.2) is 9.13 Å². The summed E-state index contributed by atoms with van der Waals surface area (Å²) >= 11 is 0. The number of esters is 4. The number of phosphoric acid groups is 2. The fourth-order valence-corrected chi connectivity index (χ4v) is 13.0. The van der Waals surface area contributed by atoms with Gasteiger partial charge in [0.05, 0.1) is 26.4 Å². The second kappa shape index (κ2) is 68.0. The van der Waals surface area contributed by atoms with E-state index >= 15 is 0 Å². The number of ether oxygens (including phenoxy) is 4. The van der Waals surface area contributed by atoms with Gasteiger partial charge in [0.2, 0.25) is 0 Å². The van der Waals surface area contributed by atoms with E-state index < -0.39 is 97.5 Å². The maximum atomic E-state index is 13.1. The van der Waals surface area contributed by atoms with E-state index in [1.807, 2.05) is 0 Å². The molecule has 572 valence electrons. The lowest BCUT2D eigenvalue weighted by Gasteiger charge is -2.21. The number of hydrogen-bond acceptors (Lipinski definition) is 15. The third-order valence-corrected chi connectivity index (χ3v) is 19.4. The zero-order valence-electron chi connectivity index (χ0n) is 63.0. The van der Waals surface area contributed by atoms with Gasteiger partial charge in [-0.1, -0.05) is 323 Å². The lowest BCUT2D eigenvalue weighted by molar-refractivity contribution is -0.161. The summed E-state index contributed by atoms with van der Waals surface area (Å²) in [5.41, 5.74) is 0. The predicted octanol–water partition coefficient (Wildman–Crippen LogP) is 22.5. The van der Waals surface area contributed by atoms with Crippen LogP contribution < -0.4 is 0 Å². The van der Waals surface area contributed by atoms with Crippen molar-refractivity contribution in [3.05, 3.63) is 24.3 Å². The second-order valence-corrected chi connectivity index (χ2v) is 31.7. The Labute approximate surface area is 592 Å². The quantitative estimate of drug-likeness (QED) is 0.0169. The van der Waals surface area contributed by atoms with Gasteiger partial charge in [0.1, 0.15) is 19.3 Å². The van der Waals surface area contributed by atoms with Crippen LogP contribution in [-0.4, -0.2) is 96.7 Å². The molecule has 2 unspecified atom stereocenters. The van der Waals surface area contributed by atoms with Crippen LogP contribution in [0.4, 0.5) is 0 Å². The van der Waals surface area contributed by atoms with Crippen LogP contribution in [0, 0.1) is 17.8 Å². The topological polar surface area (TPSA) is 237 Å². The maximum absolute atomic E-state index is 13.1. The Morgan fingerprint density at radius 3 is 0.835 bits per heavy atom. The molecule has 0 spiro atoms. The Bertz CT molecular complexity index is 1980. The highest BCUT2D eigenvalue weighted by Crippen LogP contribution is 2.45. The number of hydrogen-bond donors (Lipinski definition) is 3. The van der Waals surface area contributed by atoms with Crippen LogP contribution in [0.25, 0.3) is 0 Å². The minimum Gasteiger partial charge on any atom is -0.462 e. The zero-order chi connectivity index (χ0) is 71.6. The second-order valence-electron chi connectivity index (χ2n) is 28.8.